The van der Waals surface area contributed by atoms with E-state index >= 15 is 0 Å². The van der Waals surface area contributed by atoms with Crippen LogP contribution in [0.15, 0.2) is 0 Å². The van der Waals surface area contributed by atoms with Crippen LogP contribution in [0.25, 0.3) is 0 Å². The monoisotopic (exact) mass is 200 g/mol. The van der Waals surface area contributed by atoms with Gasteiger partial charge in [0.1, 0.15) is 0 Å². The van der Waals surface area contributed by atoms with Gasteiger partial charge in [-0.15, -0.1) is 0 Å². The molecule has 1 saturated carbocycles. The Morgan fingerprint density at radius 1 is 1.36 bits per heavy atom. The zero-order chi connectivity index (χ0) is 10.4. The molecule has 14 heavy (non-hydrogen) atoms. The van der Waals surface area contributed by atoms with Crippen molar-refractivity contribution < 1.29 is 4.74 Å². The fraction of sp³-hybridized carbons (Fsp3) is 1.00. The second-order valence-corrected chi connectivity index (χ2v) is 4.21. The van der Waals surface area contributed by atoms with Crippen molar-refractivity contribution in [1.82, 2.24) is 4.90 Å². The third kappa shape index (κ3) is 2.47. The molecular weight excluding hydrogens is 176 g/mol. The number of hydrogen-bond donors (Lipinski definition) is 1. The van der Waals surface area contributed by atoms with E-state index in [2.05, 4.69) is 11.8 Å². The zero-order valence-electron chi connectivity index (χ0n) is 9.59. The molecule has 2 N–H and O–H groups in total. The van der Waals surface area contributed by atoms with Crippen LogP contribution in [0.2, 0.25) is 0 Å². The van der Waals surface area contributed by atoms with Gasteiger partial charge in [-0.25, -0.2) is 0 Å². The SMILES string of the molecule is CCN(CCOC)C1(CN)CCCC1. The molecule has 1 fully saturated rings. The van der Waals surface area contributed by atoms with Crippen LogP contribution in [0.1, 0.15) is 32.6 Å². The van der Waals surface area contributed by atoms with Gasteiger partial charge in [0, 0.05) is 25.7 Å². The Kier molecular flexibility index (Phi) is 4.85. The van der Waals surface area contributed by atoms with E-state index in [0.29, 0.717) is 0 Å². The van der Waals surface area contributed by atoms with Crippen molar-refractivity contribution in [2.75, 3.05) is 33.4 Å². The van der Waals surface area contributed by atoms with Gasteiger partial charge in [-0.2, -0.15) is 0 Å². The van der Waals surface area contributed by atoms with Crippen molar-refractivity contribution in [2.24, 2.45) is 5.73 Å². The van der Waals surface area contributed by atoms with Crippen LogP contribution in [0.4, 0.5) is 0 Å². The first-order chi connectivity index (χ1) is 6.79. The Labute approximate surface area is 87.6 Å². The first-order valence-corrected chi connectivity index (χ1v) is 5.73. The average Bonchev–Trinajstić information content (AvgIpc) is 2.69. The maximum absolute atomic E-state index is 5.93. The molecule has 0 aliphatic heterocycles. The minimum absolute atomic E-state index is 0.285. The highest BCUT2D eigenvalue weighted by atomic mass is 16.5. The summed E-state index contributed by atoms with van der Waals surface area (Å²) in [6.45, 7) is 5.93. The van der Waals surface area contributed by atoms with Crippen LogP contribution in [-0.2, 0) is 4.74 Å². The van der Waals surface area contributed by atoms with Crippen molar-refractivity contribution in [1.29, 1.82) is 0 Å². The average molecular weight is 200 g/mol. The summed E-state index contributed by atoms with van der Waals surface area (Å²) >= 11 is 0. The molecule has 1 aliphatic rings. The Bertz CT molecular complexity index is 155. The fourth-order valence-corrected chi connectivity index (χ4v) is 2.61. The highest BCUT2D eigenvalue weighted by molar-refractivity contribution is 4.95. The highest BCUT2D eigenvalue weighted by Crippen LogP contribution is 2.34. The van der Waals surface area contributed by atoms with Crippen LogP contribution in [0.5, 0.6) is 0 Å². The number of methoxy groups -OCH3 is 1. The van der Waals surface area contributed by atoms with Gasteiger partial charge in [0.2, 0.25) is 0 Å². The summed E-state index contributed by atoms with van der Waals surface area (Å²) in [5.74, 6) is 0. The van der Waals surface area contributed by atoms with Gasteiger partial charge < -0.3 is 10.5 Å². The summed E-state index contributed by atoms with van der Waals surface area (Å²) in [6, 6.07) is 0. The van der Waals surface area contributed by atoms with E-state index < -0.39 is 0 Å². The smallest absolute Gasteiger partial charge is 0.0589 e. The lowest BCUT2D eigenvalue weighted by Crippen LogP contribution is -2.52. The molecule has 0 radical (unpaired) electrons. The molecule has 0 aromatic rings. The lowest BCUT2D eigenvalue weighted by molar-refractivity contribution is 0.0681. The quantitative estimate of drug-likeness (QED) is 0.701. The molecular formula is C11H24N2O. The van der Waals surface area contributed by atoms with E-state index in [1.54, 1.807) is 7.11 Å². The number of ether oxygens (including phenoxy) is 1. The molecule has 84 valence electrons. The summed E-state index contributed by atoms with van der Waals surface area (Å²) in [7, 11) is 1.76. The second-order valence-electron chi connectivity index (χ2n) is 4.21. The van der Waals surface area contributed by atoms with E-state index in [0.717, 1.165) is 26.2 Å². The van der Waals surface area contributed by atoms with E-state index in [1.807, 2.05) is 0 Å². The van der Waals surface area contributed by atoms with E-state index in [4.69, 9.17) is 10.5 Å². The van der Waals surface area contributed by atoms with Crippen LogP contribution >= 0.6 is 0 Å². The molecule has 0 aromatic heterocycles. The van der Waals surface area contributed by atoms with Gasteiger partial charge in [-0.05, 0) is 19.4 Å². The van der Waals surface area contributed by atoms with Gasteiger partial charge in [0.25, 0.3) is 0 Å². The minimum atomic E-state index is 0.285. The Morgan fingerprint density at radius 2 is 2.00 bits per heavy atom. The topological polar surface area (TPSA) is 38.5 Å². The molecule has 0 heterocycles. The van der Waals surface area contributed by atoms with Crippen molar-refractivity contribution in [2.45, 2.75) is 38.1 Å². The van der Waals surface area contributed by atoms with E-state index in [9.17, 15) is 0 Å². The van der Waals surface area contributed by atoms with Crippen molar-refractivity contribution in [3.63, 3.8) is 0 Å². The number of hydrogen-bond acceptors (Lipinski definition) is 3. The molecule has 0 bridgehead atoms. The van der Waals surface area contributed by atoms with Gasteiger partial charge >= 0.3 is 0 Å². The Morgan fingerprint density at radius 3 is 2.43 bits per heavy atom. The predicted octanol–water partition coefficient (Wildman–Crippen LogP) is 1.23. The maximum atomic E-state index is 5.93. The molecule has 0 amide bonds. The normalized spacial score (nSPS) is 20.6. The molecule has 0 spiro atoms. The summed E-state index contributed by atoms with van der Waals surface area (Å²) in [5.41, 5.74) is 6.22. The van der Waals surface area contributed by atoms with Gasteiger partial charge in [-0.1, -0.05) is 19.8 Å². The summed E-state index contributed by atoms with van der Waals surface area (Å²) in [4.78, 5) is 2.50. The third-order valence-electron chi connectivity index (χ3n) is 3.53. The number of nitrogens with two attached hydrogens (primary N) is 1. The van der Waals surface area contributed by atoms with Crippen molar-refractivity contribution in [3.8, 4) is 0 Å². The van der Waals surface area contributed by atoms with Gasteiger partial charge in [-0.3, -0.25) is 4.90 Å². The molecule has 3 heteroatoms. The molecule has 0 atom stereocenters. The summed E-state index contributed by atoms with van der Waals surface area (Å²) in [6.07, 6.45) is 5.20. The van der Waals surface area contributed by atoms with Crippen LogP contribution < -0.4 is 5.73 Å². The van der Waals surface area contributed by atoms with Crippen LogP contribution in [0, 0.1) is 0 Å². The zero-order valence-corrected chi connectivity index (χ0v) is 9.59. The summed E-state index contributed by atoms with van der Waals surface area (Å²) < 4.78 is 5.14. The van der Waals surface area contributed by atoms with Crippen LogP contribution in [-0.4, -0.2) is 43.8 Å². The van der Waals surface area contributed by atoms with Crippen molar-refractivity contribution in [3.05, 3.63) is 0 Å². The molecule has 1 aliphatic carbocycles. The highest BCUT2D eigenvalue weighted by Gasteiger charge is 2.37. The lowest BCUT2D eigenvalue weighted by atomic mass is 9.95. The second kappa shape index (κ2) is 5.69. The fourth-order valence-electron chi connectivity index (χ4n) is 2.61. The van der Waals surface area contributed by atoms with E-state index in [-0.39, 0.29) is 5.54 Å². The number of rotatable bonds is 6. The number of nitrogens with zero attached hydrogens (tertiary/aromatic N) is 1. The standard InChI is InChI=1S/C11H24N2O/c1-3-13(8-9-14-2)11(10-12)6-4-5-7-11/h3-10,12H2,1-2H3. The number of likely N-dealkylation sites (N-methyl/N-ethyl adjacent to an activating group) is 1. The first kappa shape index (κ1) is 12.0. The van der Waals surface area contributed by atoms with Crippen molar-refractivity contribution >= 4 is 0 Å². The van der Waals surface area contributed by atoms with E-state index in [1.165, 1.54) is 25.7 Å². The Balaban J connectivity index is 2.54. The molecule has 1 rings (SSSR count). The minimum Gasteiger partial charge on any atom is -0.383 e. The largest absolute Gasteiger partial charge is 0.383 e. The lowest BCUT2D eigenvalue weighted by Gasteiger charge is -2.40. The van der Waals surface area contributed by atoms with Crippen LogP contribution in [0.3, 0.4) is 0 Å². The molecule has 0 saturated heterocycles. The van der Waals surface area contributed by atoms with Gasteiger partial charge in [0.05, 0.1) is 6.61 Å². The molecule has 0 aromatic carbocycles. The molecule has 0 unspecified atom stereocenters. The predicted molar refractivity (Wildman–Crippen MR) is 59.4 cm³/mol. The van der Waals surface area contributed by atoms with Gasteiger partial charge in [0.15, 0.2) is 0 Å². The maximum Gasteiger partial charge on any atom is 0.0589 e. The summed E-state index contributed by atoms with van der Waals surface area (Å²) in [5, 5.41) is 0. The Hall–Kier alpha value is -0.120. The molecule has 3 nitrogen and oxygen atoms in total. The first-order valence-electron chi connectivity index (χ1n) is 5.73. The third-order valence-corrected chi connectivity index (χ3v) is 3.53.